The summed E-state index contributed by atoms with van der Waals surface area (Å²) in [5.41, 5.74) is 0. The Bertz CT molecular complexity index is 394. The van der Waals surface area contributed by atoms with Crippen molar-refractivity contribution in [1.29, 1.82) is 0 Å². The third kappa shape index (κ3) is 18.9. The number of carbonyl (C=O) groups excluding carboxylic acids is 2. The molecular formula is C26H50O4. The van der Waals surface area contributed by atoms with Crippen molar-refractivity contribution in [1.82, 2.24) is 0 Å². The second-order valence-electron chi connectivity index (χ2n) is 8.50. The average Bonchev–Trinajstić information content (AvgIpc) is 2.73. The van der Waals surface area contributed by atoms with E-state index in [0.717, 1.165) is 32.1 Å². The largest absolute Gasteiger partial charge is 0.466 e. The molecule has 0 aliphatic heterocycles. The molecule has 1 atom stereocenters. The molecule has 30 heavy (non-hydrogen) atoms. The van der Waals surface area contributed by atoms with E-state index < -0.39 is 0 Å². The second kappa shape index (κ2) is 22.6. The number of esters is 2. The van der Waals surface area contributed by atoms with E-state index in [2.05, 4.69) is 6.92 Å². The van der Waals surface area contributed by atoms with Crippen LogP contribution in [0.4, 0.5) is 0 Å². The van der Waals surface area contributed by atoms with Gasteiger partial charge in [-0.1, -0.05) is 96.8 Å². The summed E-state index contributed by atoms with van der Waals surface area (Å²) < 4.78 is 10.1. The molecule has 1 unspecified atom stereocenters. The molecule has 0 aromatic rings. The highest BCUT2D eigenvalue weighted by Gasteiger charge is 2.16. The molecule has 0 saturated carbocycles. The zero-order valence-corrected chi connectivity index (χ0v) is 20.4. The van der Waals surface area contributed by atoms with Crippen LogP contribution in [0.2, 0.25) is 0 Å². The summed E-state index contributed by atoms with van der Waals surface area (Å²) in [6, 6.07) is 0. The number of hydrogen-bond donors (Lipinski definition) is 0. The first-order chi connectivity index (χ1) is 14.7. The van der Waals surface area contributed by atoms with Crippen LogP contribution >= 0.6 is 0 Å². The molecule has 178 valence electrons. The molecule has 0 aromatic heterocycles. The lowest BCUT2D eigenvalue weighted by Gasteiger charge is -2.13. The highest BCUT2D eigenvalue weighted by Crippen LogP contribution is 2.17. The van der Waals surface area contributed by atoms with Gasteiger partial charge in [0.2, 0.25) is 0 Å². The van der Waals surface area contributed by atoms with Crippen molar-refractivity contribution in [3.05, 3.63) is 0 Å². The van der Waals surface area contributed by atoms with Crippen LogP contribution in [-0.4, -0.2) is 25.2 Å². The number of unbranched alkanes of at least 4 members (excludes halogenated alkanes) is 14. The number of carbonyl (C=O) groups is 2. The molecule has 0 bridgehead atoms. The summed E-state index contributed by atoms with van der Waals surface area (Å²) in [5, 5.41) is 0. The van der Waals surface area contributed by atoms with Crippen molar-refractivity contribution in [2.75, 3.05) is 13.2 Å². The van der Waals surface area contributed by atoms with Gasteiger partial charge in [-0.3, -0.25) is 9.59 Å². The minimum Gasteiger partial charge on any atom is -0.466 e. The summed E-state index contributed by atoms with van der Waals surface area (Å²) in [6.07, 6.45) is 21.7. The molecule has 0 spiro atoms. The molecule has 0 rings (SSSR count). The van der Waals surface area contributed by atoms with E-state index in [1.54, 1.807) is 0 Å². The number of ether oxygens (including phenoxy) is 2. The Morgan fingerprint density at radius 1 is 0.567 bits per heavy atom. The van der Waals surface area contributed by atoms with Gasteiger partial charge in [-0.25, -0.2) is 0 Å². The summed E-state index contributed by atoms with van der Waals surface area (Å²) in [6.45, 7) is 6.81. The fraction of sp³-hybridized carbons (Fsp3) is 0.923. The van der Waals surface area contributed by atoms with Gasteiger partial charge in [0, 0.05) is 6.42 Å². The average molecular weight is 427 g/mol. The van der Waals surface area contributed by atoms with Crippen molar-refractivity contribution in [3.63, 3.8) is 0 Å². The first kappa shape index (κ1) is 28.9. The SMILES string of the molecule is CCOC(=O)CCCCCCCCCCCCCCCCCC(CC)C(=O)OCC. The van der Waals surface area contributed by atoms with Gasteiger partial charge in [-0.05, 0) is 33.1 Å². The Kier molecular flexibility index (Phi) is 21.8. The van der Waals surface area contributed by atoms with E-state index in [1.165, 1.54) is 77.0 Å². The van der Waals surface area contributed by atoms with Gasteiger partial charge in [-0.15, -0.1) is 0 Å². The summed E-state index contributed by atoms with van der Waals surface area (Å²) >= 11 is 0. The Morgan fingerprint density at radius 2 is 0.967 bits per heavy atom. The van der Waals surface area contributed by atoms with E-state index in [1.807, 2.05) is 13.8 Å². The van der Waals surface area contributed by atoms with Gasteiger partial charge in [0.05, 0.1) is 19.1 Å². The quantitative estimate of drug-likeness (QED) is 0.131. The van der Waals surface area contributed by atoms with E-state index in [9.17, 15) is 9.59 Å². The standard InChI is InChI=1S/C26H50O4/c1-4-24(26(28)30-6-3)22-20-18-16-14-12-10-8-7-9-11-13-15-17-19-21-23-25(27)29-5-2/h24H,4-23H2,1-3H3. The highest BCUT2D eigenvalue weighted by molar-refractivity contribution is 5.72. The summed E-state index contributed by atoms with van der Waals surface area (Å²) in [5.74, 6) is 0.0557. The molecule has 0 radical (unpaired) electrons. The second-order valence-corrected chi connectivity index (χ2v) is 8.50. The molecule has 0 aliphatic rings. The summed E-state index contributed by atoms with van der Waals surface area (Å²) in [7, 11) is 0. The molecule has 0 heterocycles. The van der Waals surface area contributed by atoms with Crippen molar-refractivity contribution in [2.24, 2.45) is 5.92 Å². The van der Waals surface area contributed by atoms with Crippen LogP contribution in [0.15, 0.2) is 0 Å². The minimum atomic E-state index is -0.0448. The van der Waals surface area contributed by atoms with Crippen LogP contribution in [0.1, 0.15) is 136 Å². The lowest BCUT2D eigenvalue weighted by atomic mass is 9.97. The molecule has 0 fully saturated rings. The van der Waals surface area contributed by atoms with Gasteiger partial charge in [0.15, 0.2) is 0 Å². The van der Waals surface area contributed by atoms with Crippen LogP contribution < -0.4 is 0 Å². The molecular weight excluding hydrogens is 376 g/mol. The lowest BCUT2D eigenvalue weighted by molar-refractivity contribution is -0.148. The summed E-state index contributed by atoms with van der Waals surface area (Å²) in [4.78, 5) is 23.0. The van der Waals surface area contributed by atoms with Crippen molar-refractivity contribution in [2.45, 2.75) is 136 Å². The Labute approximate surface area is 186 Å². The normalized spacial score (nSPS) is 12.0. The third-order valence-corrected chi connectivity index (χ3v) is 5.85. The Balaban J connectivity index is 3.24. The Hall–Kier alpha value is -1.06. The molecule has 0 amide bonds. The molecule has 0 saturated heterocycles. The lowest BCUT2D eigenvalue weighted by Crippen LogP contribution is -2.16. The van der Waals surface area contributed by atoms with Crippen LogP contribution in [0.25, 0.3) is 0 Å². The minimum absolute atomic E-state index is 0.00556. The van der Waals surface area contributed by atoms with Gasteiger partial charge in [0.25, 0.3) is 0 Å². The predicted molar refractivity (Wildman–Crippen MR) is 126 cm³/mol. The van der Waals surface area contributed by atoms with E-state index in [4.69, 9.17) is 9.47 Å². The zero-order chi connectivity index (χ0) is 22.3. The highest BCUT2D eigenvalue weighted by atomic mass is 16.5. The maximum atomic E-state index is 11.8. The van der Waals surface area contributed by atoms with Crippen LogP contribution in [0, 0.1) is 5.92 Å². The van der Waals surface area contributed by atoms with Gasteiger partial charge < -0.3 is 9.47 Å². The van der Waals surface area contributed by atoms with Crippen LogP contribution in [-0.2, 0) is 19.1 Å². The smallest absolute Gasteiger partial charge is 0.308 e. The first-order valence-electron chi connectivity index (χ1n) is 13.0. The van der Waals surface area contributed by atoms with Crippen molar-refractivity contribution in [3.8, 4) is 0 Å². The molecule has 4 heteroatoms. The fourth-order valence-corrected chi connectivity index (χ4v) is 3.94. The first-order valence-corrected chi connectivity index (χ1v) is 13.0. The van der Waals surface area contributed by atoms with Gasteiger partial charge in [-0.2, -0.15) is 0 Å². The van der Waals surface area contributed by atoms with Crippen molar-refractivity contribution < 1.29 is 19.1 Å². The maximum Gasteiger partial charge on any atom is 0.308 e. The van der Waals surface area contributed by atoms with Crippen LogP contribution in [0.3, 0.4) is 0 Å². The fourth-order valence-electron chi connectivity index (χ4n) is 3.94. The van der Waals surface area contributed by atoms with Gasteiger partial charge in [0.1, 0.15) is 0 Å². The zero-order valence-electron chi connectivity index (χ0n) is 20.4. The predicted octanol–water partition coefficient (Wildman–Crippen LogP) is 7.77. The Morgan fingerprint density at radius 3 is 1.37 bits per heavy atom. The third-order valence-electron chi connectivity index (χ3n) is 5.85. The van der Waals surface area contributed by atoms with E-state index >= 15 is 0 Å². The maximum absolute atomic E-state index is 11.8. The van der Waals surface area contributed by atoms with E-state index in [-0.39, 0.29) is 17.9 Å². The molecule has 0 aliphatic carbocycles. The van der Waals surface area contributed by atoms with Crippen molar-refractivity contribution >= 4 is 11.9 Å². The topological polar surface area (TPSA) is 52.6 Å². The van der Waals surface area contributed by atoms with Crippen LogP contribution in [0.5, 0.6) is 0 Å². The number of rotatable bonds is 22. The van der Waals surface area contributed by atoms with E-state index in [0.29, 0.717) is 19.6 Å². The molecule has 4 nitrogen and oxygen atoms in total. The molecule has 0 aromatic carbocycles. The number of hydrogen-bond acceptors (Lipinski definition) is 4. The van der Waals surface area contributed by atoms with Gasteiger partial charge >= 0.3 is 11.9 Å². The monoisotopic (exact) mass is 426 g/mol. The molecule has 0 N–H and O–H groups in total.